The molecule has 0 saturated carbocycles. The van der Waals surface area contributed by atoms with Gasteiger partial charge in [-0.15, -0.1) is 0 Å². The highest BCUT2D eigenvalue weighted by molar-refractivity contribution is 5.94. The molecule has 3 rings (SSSR count). The van der Waals surface area contributed by atoms with Crippen LogP contribution in [-0.4, -0.2) is 15.1 Å². The third kappa shape index (κ3) is 1.34. The van der Waals surface area contributed by atoms with Crippen LogP contribution in [0.3, 0.4) is 0 Å². The van der Waals surface area contributed by atoms with Crippen molar-refractivity contribution in [1.82, 2.24) is 9.97 Å². The van der Waals surface area contributed by atoms with E-state index in [0.29, 0.717) is 0 Å². The molecule has 3 heteroatoms. The second-order valence-corrected chi connectivity index (χ2v) is 3.66. The molecule has 2 aromatic heterocycles. The average Bonchev–Trinajstić information content (AvgIpc) is 2.73. The summed E-state index contributed by atoms with van der Waals surface area (Å²) in [6.45, 7) is 0. The summed E-state index contributed by atoms with van der Waals surface area (Å²) in [6.07, 6.45) is 3.35. The summed E-state index contributed by atoms with van der Waals surface area (Å²) in [5, 5.41) is 10.4. The molecule has 0 radical (unpaired) electrons. The summed E-state index contributed by atoms with van der Waals surface area (Å²) >= 11 is 0. The Morgan fingerprint density at radius 1 is 1.12 bits per heavy atom. The Kier molecular flexibility index (Phi) is 1.90. The van der Waals surface area contributed by atoms with Crippen LogP contribution in [0.4, 0.5) is 0 Å². The van der Waals surface area contributed by atoms with Crippen molar-refractivity contribution in [2.75, 3.05) is 0 Å². The molecule has 0 fully saturated rings. The van der Waals surface area contributed by atoms with Crippen molar-refractivity contribution in [2.45, 2.75) is 0 Å². The normalized spacial score (nSPS) is 10.8. The van der Waals surface area contributed by atoms with Crippen molar-refractivity contribution in [3.8, 4) is 16.9 Å². The number of nitrogens with one attached hydrogen (secondary N) is 1. The highest BCUT2D eigenvalue weighted by atomic mass is 16.3. The zero-order valence-corrected chi connectivity index (χ0v) is 8.51. The first-order chi connectivity index (χ1) is 7.84. The average molecular weight is 210 g/mol. The molecular weight excluding hydrogens is 200 g/mol. The van der Waals surface area contributed by atoms with E-state index in [-0.39, 0.29) is 5.75 Å². The summed E-state index contributed by atoms with van der Waals surface area (Å²) in [6, 6.07) is 11.8. The van der Waals surface area contributed by atoms with Crippen molar-refractivity contribution in [1.29, 1.82) is 0 Å². The van der Waals surface area contributed by atoms with Gasteiger partial charge in [-0.25, -0.2) is 4.98 Å². The monoisotopic (exact) mass is 210 g/mol. The van der Waals surface area contributed by atoms with Gasteiger partial charge in [0.2, 0.25) is 0 Å². The lowest BCUT2D eigenvalue weighted by Crippen LogP contribution is -1.76. The van der Waals surface area contributed by atoms with Crippen LogP contribution in [0.5, 0.6) is 5.75 Å². The van der Waals surface area contributed by atoms with Crippen LogP contribution >= 0.6 is 0 Å². The minimum Gasteiger partial charge on any atom is -0.506 e. The molecule has 0 spiro atoms. The molecule has 78 valence electrons. The number of hydrogen-bond donors (Lipinski definition) is 2. The standard InChI is InChI=1S/C13H10N2O/c16-10-6-11-12(8-15-13(11)14-7-10)9-4-2-1-3-5-9/h1-8,16H,(H,14,15). The zero-order chi connectivity index (χ0) is 11.0. The molecule has 0 aliphatic heterocycles. The van der Waals surface area contributed by atoms with Gasteiger partial charge in [-0.2, -0.15) is 0 Å². The van der Waals surface area contributed by atoms with Crippen LogP contribution in [-0.2, 0) is 0 Å². The van der Waals surface area contributed by atoms with Crippen molar-refractivity contribution in [2.24, 2.45) is 0 Å². The predicted molar refractivity (Wildman–Crippen MR) is 63.2 cm³/mol. The maximum atomic E-state index is 9.44. The van der Waals surface area contributed by atoms with E-state index in [1.54, 1.807) is 6.07 Å². The summed E-state index contributed by atoms with van der Waals surface area (Å²) in [7, 11) is 0. The molecule has 0 amide bonds. The first kappa shape index (κ1) is 8.97. The highest BCUT2D eigenvalue weighted by Gasteiger charge is 2.06. The molecule has 3 aromatic rings. The molecule has 0 saturated heterocycles. The number of aromatic hydroxyl groups is 1. The quantitative estimate of drug-likeness (QED) is 0.648. The van der Waals surface area contributed by atoms with Gasteiger partial charge in [-0.3, -0.25) is 0 Å². The van der Waals surface area contributed by atoms with Gasteiger partial charge < -0.3 is 10.1 Å². The zero-order valence-electron chi connectivity index (χ0n) is 8.51. The summed E-state index contributed by atoms with van der Waals surface area (Å²) in [5.41, 5.74) is 2.96. The lowest BCUT2D eigenvalue weighted by atomic mass is 10.1. The van der Waals surface area contributed by atoms with Gasteiger partial charge in [0.25, 0.3) is 0 Å². The molecule has 0 aliphatic carbocycles. The van der Waals surface area contributed by atoms with Crippen LogP contribution in [0.15, 0.2) is 48.8 Å². The van der Waals surface area contributed by atoms with Crippen LogP contribution in [0, 0.1) is 0 Å². The van der Waals surface area contributed by atoms with Crippen LogP contribution in [0.1, 0.15) is 0 Å². The number of fused-ring (bicyclic) bond motifs is 1. The lowest BCUT2D eigenvalue weighted by molar-refractivity contribution is 0.474. The second-order valence-electron chi connectivity index (χ2n) is 3.66. The maximum Gasteiger partial charge on any atom is 0.138 e. The minimum absolute atomic E-state index is 0.185. The summed E-state index contributed by atoms with van der Waals surface area (Å²) in [5.74, 6) is 0.185. The SMILES string of the molecule is Oc1cnc2[nH]cc(-c3ccccc3)c2c1. The smallest absolute Gasteiger partial charge is 0.138 e. The number of benzene rings is 1. The van der Waals surface area contributed by atoms with Crippen LogP contribution in [0.2, 0.25) is 0 Å². The molecule has 1 aromatic carbocycles. The van der Waals surface area contributed by atoms with E-state index in [1.807, 2.05) is 36.5 Å². The number of aromatic amines is 1. The lowest BCUT2D eigenvalue weighted by Gasteiger charge is -1.98. The number of nitrogens with zero attached hydrogens (tertiary/aromatic N) is 1. The van der Waals surface area contributed by atoms with E-state index in [4.69, 9.17) is 0 Å². The predicted octanol–water partition coefficient (Wildman–Crippen LogP) is 2.94. The number of H-pyrrole nitrogens is 1. The van der Waals surface area contributed by atoms with Gasteiger partial charge in [-0.1, -0.05) is 30.3 Å². The Labute approximate surface area is 92.4 Å². The largest absolute Gasteiger partial charge is 0.506 e. The molecule has 0 atom stereocenters. The Bertz CT molecular complexity index is 629. The van der Waals surface area contributed by atoms with E-state index in [9.17, 15) is 5.11 Å². The minimum atomic E-state index is 0.185. The highest BCUT2D eigenvalue weighted by Crippen LogP contribution is 2.29. The molecule has 16 heavy (non-hydrogen) atoms. The van der Waals surface area contributed by atoms with Gasteiger partial charge in [-0.05, 0) is 11.6 Å². The van der Waals surface area contributed by atoms with Gasteiger partial charge in [0, 0.05) is 17.1 Å². The van der Waals surface area contributed by atoms with E-state index < -0.39 is 0 Å². The first-order valence-electron chi connectivity index (χ1n) is 5.06. The number of pyridine rings is 1. The number of hydrogen-bond acceptors (Lipinski definition) is 2. The van der Waals surface area contributed by atoms with Crippen molar-refractivity contribution in [3.63, 3.8) is 0 Å². The number of aromatic nitrogens is 2. The molecule has 2 N–H and O–H groups in total. The summed E-state index contributed by atoms with van der Waals surface area (Å²) < 4.78 is 0. The van der Waals surface area contributed by atoms with Crippen molar-refractivity contribution < 1.29 is 5.11 Å². The van der Waals surface area contributed by atoms with Gasteiger partial charge in [0.05, 0.1) is 6.20 Å². The molecule has 2 heterocycles. The van der Waals surface area contributed by atoms with Crippen molar-refractivity contribution >= 4 is 11.0 Å². The van der Waals surface area contributed by atoms with E-state index in [1.165, 1.54) is 6.20 Å². The van der Waals surface area contributed by atoms with Crippen LogP contribution < -0.4 is 0 Å². The fourth-order valence-electron chi connectivity index (χ4n) is 1.85. The number of rotatable bonds is 1. The third-order valence-corrected chi connectivity index (χ3v) is 2.60. The Balaban J connectivity index is 2.29. The van der Waals surface area contributed by atoms with E-state index in [2.05, 4.69) is 9.97 Å². The van der Waals surface area contributed by atoms with E-state index in [0.717, 1.165) is 22.2 Å². The maximum absolute atomic E-state index is 9.44. The molecule has 0 aliphatic rings. The molecule has 0 unspecified atom stereocenters. The van der Waals surface area contributed by atoms with Gasteiger partial charge in [0.15, 0.2) is 0 Å². The first-order valence-corrected chi connectivity index (χ1v) is 5.06. The molecular formula is C13H10N2O. The van der Waals surface area contributed by atoms with E-state index >= 15 is 0 Å². The van der Waals surface area contributed by atoms with Gasteiger partial charge in [0.1, 0.15) is 11.4 Å². The molecule has 0 bridgehead atoms. The fourth-order valence-corrected chi connectivity index (χ4v) is 1.85. The Hall–Kier alpha value is -2.29. The fraction of sp³-hybridized carbons (Fsp3) is 0. The summed E-state index contributed by atoms with van der Waals surface area (Å²) in [4.78, 5) is 7.21. The van der Waals surface area contributed by atoms with Crippen molar-refractivity contribution in [3.05, 3.63) is 48.8 Å². The Morgan fingerprint density at radius 3 is 2.75 bits per heavy atom. The van der Waals surface area contributed by atoms with Crippen LogP contribution in [0.25, 0.3) is 22.2 Å². The second kappa shape index (κ2) is 3.38. The Morgan fingerprint density at radius 2 is 1.94 bits per heavy atom. The molecule has 3 nitrogen and oxygen atoms in total. The topological polar surface area (TPSA) is 48.9 Å². The third-order valence-electron chi connectivity index (χ3n) is 2.60. The van der Waals surface area contributed by atoms with Gasteiger partial charge >= 0.3 is 0 Å².